The van der Waals surface area contributed by atoms with Crippen molar-refractivity contribution in [3.8, 4) is 0 Å². The van der Waals surface area contributed by atoms with Crippen molar-refractivity contribution < 1.29 is 8.42 Å². The van der Waals surface area contributed by atoms with E-state index in [1.807, 2.05) is 38.1 Å². The second kappa shape index (κ2) is 5.80. The first-order valence-corrected chi connectivity index (χ1v) is 9.88. The standard InChI is InChI=1S/C17H21NO2S2/c1-11-8-17(13(3)21-11)12(2)18-22(19,20)16-9-14-6-4-5-7-15(14)10-16/h4-8,12,16,18H,9-10H2,1-3H3/t12-/m1/s1. The maximum atomic E-state index is 12.7. The van der Waals surface area contributed by atoms with E-state index in [9.17, 15) is 8.42 Å². The van der Waals surface area contributed by atoms with Crippen molar-refractivity contribution in [1.82, 2.24) is 4.72 Å². The minimum absolute atomic E-state index is 0.182. The summed E-state index contributed by atoms with van der Waals surface area (Å²) in [6.07, 6.45) is 1.22. The van der Waals surface area contributed by atoms with Gasteiger partial charge in [0.15, 0.2) is 0 Å². The highest BCUT2D eigenvalue weighted by Gasteiger charge is 2.33. The summed E-state index contributed by atoms with van der Waals surface area (Å²) in [6, 6.07) is 9.90. The summed E-state index contributed by atoms with van der Waals surface area (Å²) >= 11 is 1.71. The molecule has 0 spiro atoms. The SMILES string of the molecule is Cc1cc([C@@H](C)NS(=O)(=O)C2Cc3ccccc3C2)c(C)s1. The second-order valence-corrected chi connectivity index (χ2v) is 9.50. The van der Waals surface area contributed by atoms with Gasteiger partial charge >= 0.3 is 0 Å². The molecule has 3 nitrogen and oxygen atoms in total. The lowest BCUT2D eigenvalue weighted by Crippen LogP contribution is -2.36. The van der Waals surface area contributed by atoms with Gasteiger partial charge in [-0.1, -0.05) is 24.3 Å². The van der Waals surface area contributed by atoms with Crippen molar-refractivity contribution in [2.24, 2.45) is 0 Å². The van der Waals surface area contributed by atoms with Gasteiger partial charge in [-0.15, -0.1) is 11.3 Å². The quantitative estimate of drug-likeness (QED) is 0.929. The van der Waals surface area contributed by atoms with E-state index in [4.69, 9.17) is 0 Å². The molecular formula is C17H21NO2S2. The molecular weight excluding hydrogens is 314 g/mol. The lowest BCUT2D eigenvalue weighted by molar-refractivity contribution is 0.551. The summed E-state index contributed by atoms with van der Waals surface area (Å²) in [5.41, 5.74) is 3.41. The summed E-state index contributed by atoms with van der Waals surface area (Å²) in [4.78, 5) is 2.40. The number of aryl methyl sites for hydroxylation is 2. The molecule has 0 unspecified atom stereocenters. The van der Waals surface area contributed by atoms with Crippen LogP contribution in [0, 0.1) is 13.8 Å². The number of thiophene rings is 1. The van der Waals surface area contributed by atoms with Gasteiger partial charge in [-0.05, 0) is 56.4 Å². The van der Waals surface area contributed by atoms with Gasteiger partial charge in [-0.2, -0.15) is 0 Å². The molecule has 118 valence electrons. The van der Waals surface area contributed by atoms with Crippen molar-refractivity contribution in [3.05, 3.63) is 56.8 Å². The van der Waals surface area contributed by atoms with Gasteiger partial charge in [0, 0.05) is 15.8 Å². The molecule has 1 aromatic carbocycles. The Balaban J connectivity index is 1.76. The Morgan fingerprint density at radius 1 is 1.18 bits per heavy atom. The Kier molecular flexibility index (Phi) is 4.14. The Bertz CT molecular complexity index is 768. The average molecular weight is 335 g/mol. The largest absolute Gasteiger partial charge is 0.215 e. The summed E-state index contributed by atoms with van der Waals surface area (Å²) in [7, 11) is -3.33. The molecule has 0 fully saturated rings. The van der Waals surface area contributed by atoms with Crippen LogP contribution in [0.15, 0.2) is 30.3 Å². The molecule has 1 aromatic heterocycles. The molecule has 0 radical (unpaired) electrons. The van der Waals surface area contributed by atoms with Gasteiger partial charge in [0.05, 0.1) is 5.25 Å². The third-order valence-electron chi connectivity index (χ3n) is 4.34. The van der Waals surface area contributed by atoms with E-state index < -0.39 is 10.0 Å². The molecule has 1 aliphatic rings. The molecule has 1 heterocycles. The first-order chi connectivity index (χ1) is 10.4. The zero-order valence-electron chi connectivity index (χ0n) is 13.1. The van der Waals surface area contributed by atoms with Crippen molar-refractivity contribution in [1.29, 1.82) is 0 Å². The number of benzene rings is 1. The first-order valence-electron chi connectivity index (χ1n) is 7.51. The zero-order chi connectivity index (χ0) is 15.9. The summed E-state index contributed by atoms with van der Waals surface area (Å²) < 4.78 is 28.3. The lowest BCUT2D eigenvalue weighted by atomic mass is 10.1. The average Bonchev–Trinajstić information content (AvgIpc) is 3.01. The predicted octanol–water partition coefficient (Wildman–Crippen LogP) is 3.51. The number of hydrogen-bond donors (Lipinski definition) is 1. The Hall–Kier alpha value is -1.17. The monoisotopic (exact) mass is 335 g/mol. The van der Waals surface area contributed by atoms with Crippen LogP contribution in [0.2, 0.25) is 0 Å². The third kappa shape index (κ3) is 2.98. The number of fused-ring (bicyclic) bond motifs is 1. The van der Waals surface area contributed by atoms with Crippen molar-refractivity contribution in [2.75, 3.05) is 0 Å². The number of sulfonamides is 1. The predicted molar refractivity (Wildman–Crippen MR) is 91.9 cm³/mol. The Labute approximate surface area is 136 Å². The molecule has 0 amide bonds. The van der Waals surface area contributed by atoms with E-state index >= 15 is 0 Å². The van der Waals surface area contributed by atoms with E-state index in [2.05, 4.69) is 17.7 Å². The molecule has 0 saturated carbocycles. The van der Waals surface area contributed by atoms with Crippen LogP contribution in [0.25, 0.3) is 0 Å². The topological polar surface area (TPSA) is 46.2 Å². The van der Waals surface area contributed by atoms with Crippen LogP contribution in [0.3, 0.4) is 0 Å². The second-order valence-electron chi connectivity index (χ2n) is 6.05. The lowest BCUT2D eigenvalue weighted by Gasteiger charge is -2.18. The number of nitrogens with one attached hydrogen (secondary N) is 1. The van der Waals surface area contributed by atoms with Gasteiger partial charge in [0.2, 0.25) is 10.0 Å². The van der Waals surface area contributed by atoms with E-state index in [0.717, 1.165) is 16.7 Å². The Morgan fingerprint density at radius 2 is 1.77 bits per heavy atom. The minimum Gasteiger partial charge on any atom is -0.212 e. The van der Waals surface area contributed by atoms with Gasteiger partial charge in [0.25, 0.3) is 0 Å². The summed E-state index contributed by atoms with van der Waals surface area (Å²) in [5, 5.41) is -0.354. The molecule has 2 aromatic rings. The number of rotatable bonds is 4. The van der Waals surface area contributed by atoms with E-state index in [1.165, 1.54) is 9.75 Å². The highest BCUT2D eigenvalue weighted by molar-refractivity contribution is 7.90. The van der Waals surface area contributed by atoms with Crippen molar-refractivity contribution >= 4 is 21.4 Å². The van der Waals surface area contributed by atoms with Crippen LogP contribution in [-0.4, -0.2) is 13.7 Å². The van der Waals surface area contributed by atoms with Crippen LogP contribution in [0.5, 0.6) is 0 Å². The maximum absolute atomic E-state index is 12.7. The molecule has 1 atom stereocenters. The Morgan fingerprint density at radius 3 is 2.27 bits per heavy atom. The van der Waals surface area contributed by atoms with E-state index in [0.29, 0.717) is 12.8 Å². The smallest absolute Gasteiger partial charge is 0.212 e. The van der Waals surface area contributed by atoms with Crippen LogP contribution < -0.4 is 4.72 Å². The van der Waals surface area contributed by atoms with Crippen LogP contribution >= 0.6 is 11.3 Å². The fraction of sp³-hybridized carbons (Fsp3) is 0.412. The zero-order valence-corrected chi connectivity index (χ0v) is 14.7. The molecule has 1 N–H and O–H groups in total. The molecule has 0 saturated heterocycles. The number of hydrogen-bond acceptors (Lipinski definition) is 3. The van der Waals surface area contributed by atoms with Crippen molar-refractivity contribution in [3.63, 3.8) is 0 Å². The summed E-state index contributed by atoms with van der Waals surface area (Å²) in [6.45, 7) is 6.02. The molecule has 1 aliphatic carbocycles. The highest BCUT2D eigenvalue weighted by Crippen LogP contribution is 2.29. The molecule has 5 heteroatoms. The summed E-state index contributed by atoms with van der Waals surface area (Å²) in [5.74, 6) is 0. The first kappa shape index (κ1) is 15.7. The molecule has 0 bridgehead atoms. The molecule has 22 heavy (non-hydrogen) atoms. The van der Waals surface area contributed by atoms with Crippen LogP contribution in [0.1, 0.15) is 39.4 Å². The van der Waals surface area contributed by atoms with Gasteiger partial charge in [-0.3, -0.25) is 0 Å². The van der Waals surface area contributed by atoms with E-state index in [-0.39, 0.29) is 11.3 Å². The van der Waals surface area contributed by atoms with Crippen molar-refractivity contribution in [2.45, 2.75) is 44.9 Å². The van der Waals surface area contributed by atoms with Gasteiger partial charge in [0.1, 0.15) is 0 Å². The third-order valence-corrected chi connectivity index (χ3v) is 7.21. The highest BCUT2D eigenvalue weighted by atomic mass is 32.2. The fourth-order valence-electron chi connectivity index (χ4n) is 3.22. The minimum atomic E-state index is -3.33. The van der Waals surface area contributed by atoms with Gasteiger partial charge in [-0.25, -0.2) is 13.1 Å². The van der Waals surface area contributed by atoms with Gasteiger partial charge < -0.3 is 0 Å². The fourth-order valence-corrected chi connectivity index (χ4v) is 5.86. The van der Waals surface area contributed by atoms with E-state index in [1.54, 1.807) is 11.3 Å². The molecule has 3 rings (SSSR count). The van der Waals surface area contributed by atoms with Crippen LogP contribution in [0.4, 0.5) is 0 Å². The van der Waals surface area contributed by atoms with Crippen LogP contribution in [-0.2, 0) is 22.9 Å². The maximum Gasteiger partial charge on any atom is 0.215 e. The normalized spacial score (nSPS) is 16.7. The molecule has 0 aliphatic heterocycles.